The summed E-state index contributed by atoms with van der Waals surface area (Å²) in [6, 6.07) is 4.35. The van der Waals surface area contributed by atoms with Crippen LogP contribution in [0.3, 0.4) is 0 Å². The van der Waals surface area contributed by atoms with Crippen molar-refractivity contribution in [3.8, 4) is 0 Å². The molecule has 1 saturated carbocycles. The highest BCUT2D eigenvalue weighted by molar-refractivity contribution is 7.14. The predicted octanol–water partition coefficient (Wildman–Crippen LogP) is 1.78. The molecule has 1 aliphatic heterocycles. The van der Waals surface area contributed by atoms with Crippen molar-refractivity contribution >= 4 is 16.3 Å². The van der Waals surface area contributed by atoms with E-state index in [2.05, 4.69) is 29.3 Å². The minimum atomic E-state index is 0.466. The van der Waals surface area contributed by atoms with Gasteiger partial charge in [-0.1, -0.05) is 6.92 Å². The number of piperidine rings is 1. The number of nitrogens with two attached hydrogens (primary N) is 1. The number of thiophene rings is 1. The third-order valence-corrected chi connectivity index (χ3v) is 5.09. The fourth-order valence-electron chi connectivity index (χ4n) is 2.92. The molecule has 0 amide bonds. The maximum atomic E-state index is 5.81. The van der Waals surface area contributed by atoms with Gasteiger partial charge in [-0.3, -0.25) is 0 Å². The number of fused-ring (bicyclic) bond motifs is 1. The minimum absolute atomic E-state index is 0.466. The summed E-state index contributed by atoms with van der Waals surface area (Å²) in [7, 11) is 0. The van der Waals surface area contributed by atoms with Gasteiger partial charge in [-0.15, -0.1) is 11.3 Å². The highest BCUT2D eigenvalue weighted by Crippen LogP contribution is 2.62. The van der Waals surface area contributed by atoms with Crippen LogP contribution < -0.4 is 10.6 Å². The van der Waals surface area contributed by atoms with Crippen LogP contribution in [-0.4, -0.2) is 19.6 Å². The van der Waals surface area contributed by atoms with E-state index >= 15 is 0 Å². The van der Waals surface area contributed by atoms with Crippen molar-refractivity contribution < 1.29 is 0 Å². The molecular formula is C11H16N2S. The Morgan fingerprint density at radius 2 is 2.29 bits per heavy atom. The molecule has 1 saturated heterocycles. The summed E-state index contributed by atoms with van der Waals surface area (Å²) in [4.78, 5) is 2.51. The quantitative estimate of drug-likeness (QED) is 0.802. The minimum Gasteiger partial charge on any atom is -0.363 e. The first-order valence-electron chi connectivity index (χ1n) is 5.24. The third kappa shape index (κ3) is 0.997. The van der Waals surface area contributed by atoms with Crippen molar-refractivity contribution in [2.75, 3.05) is 24.5 Å². The molecule has 2 atom stereocenters. The Morgan fingerprint density at radius 1 is 1.57 bits per heavy atom. The monoisotopic (exact) mass is 208 g/mol. The van der Waals surface area contributed by atoms with E-state index in [4.69, 9.17) is 5.73 Å². The second kappa shape index (κ2) is 2.74. The maximum absolute atomic E-state index is 5.81. The molecule has 2 N–H and O–H groups in total. The summed E-state index contributed by atoms with van der Waals surface area (Å²) in [5.74, 6) is 1.71. The normalized spacial score (nSPS) is 40.0. The molecule has 2 aliphatic rings. The lowest BCUT2D eigenvalue weighted by molar-refractivity contribution is 0.463. The summed E-state index contributed by atoms with van der Waals surface area (Å²) in [6.45, 7) is 5.65. The molecule has 0 radical (unpaired) electrons. The third-order valence-electron chi connectivity index (χ3n) is 4.16. The first-order chi connectivity index (χ1) is 6.75. The van der Waals surface area contributed by atoms with E-state index in [1.54, 1.807) is 0 Å². The predicted molar refractivity (Wildman–Crippen MR) is 60.7 cm³/mol. The van der Waals surface area contributed by atoms with E-state index in [-0.39, 0.29) is 0 Å². The number of hydrogen-bond donors (Lipinski definition) is 1. The van der Waals surface area contributed by atoms with E-state index in [1.165, 1.54) is 18.1 Å². The van der Waals surface area contributed by atoms with Crippen LogP contribution in [0.2, 0.25) is 0 Å². The zero-order valence-electron chi connectivity index (χ0n) is 8.44. The van der Waals surface area contributed by atoms with Gasteiger partial charge in [0, 0.05) is 13.1 Å². The van der Waals surface area contributed by atoms with Crippen LogP contribution in [0.15, 0.2) is 17.5 Å². The van der Waals surface area contributed by atoms with E-state index in [0.29, 0.717) is 5.41 Å². The molecule has 0 spiro atoms. The van der Waals surface area contributed by atoms with Crippen LogP contribution in [0, 0.1) is 17.3 Å². The Hall–Kier alpha value is -0.540. The molecule has 76 valence electrons. The first kappa shape index (κ1) is 8.74. The lowest BCUT2D eigenvalue weighted by Crippen LogP contribution is -2.29. The molecule has 2 unspecified atom stereocenters. The van der Waals surface area contributed by atoms with Crippen molar-refractivity contribution in [1.29, 1.82) is 0 Å². The molecule has 2 nitrogen and oxygen atoms in total. The summed E-state index contributed by atoms with van der Waals surface area (Å²) in [6.07, 6.45) is 0. The van der Waals surface area contributed by atoms with Crippen molar-refractivity contribution in [2.45, 2.75) is 6.92 Å². The summed E-state index contributed by atoms with van der Waals surface area (Å²) in [5, 5.41) is 3.58. The molecule has 2 fully saturated rings. The average molecular weight is 208 g/mol. The van der Waals surface area contributed by atoms with Gasteiger partial charge in [-0.2, -0.15) is 0 Å². The topological polar surface area (TPSA) is 29.3 Å². The molecule has 3 rings (SSSR count). The van der Waals surface area contributed by atoms with Gasteiger partial charge in [0.05, 0.1) is 5.00 Å². The molecule has 3 heteroatoms. The van der Waals surface area contributed by atoms with E-state index in [0.717, 1.165) is 18.4 Å². The lowest BCUT2D eigenvalue weighted by atomic mass is 10.0. The van der Waals surface area contributed by atoms with E-state index in [1.807, 2.05) is 11.3 Å². The van der Waals surface area contributed by atoms with Crippen molar-refractivity contribution in [2.24, 2.45) is 23.0 Å². The zero-order chi connectivity index (χ0) is 9.76. The molecule has 0 bridgehead atoms. The van der Waals surface area contributed by atoms with Crippen molar-refractivity contribution in [3.63, 3.8) is 0 Å². The fourth-order valence-corrected chi connectivity index (χ4v) is 3.67. The van der Waals surface area contributed by atoms with Gasteiger partial charge in [0.25, 0.3) is 0 Å². The second-order valence-corrected chi connectivity index (χ2v) is 5.71. The average Bonchev–Trinajstić information content (AvgIpc) is 2.77. The Morgan fingerprint density at radius 3 is 2.79 bits per heavy atom. The Labute approximate surface area is 88.7 Å². The zero-order valence-corrected chi connectivity index (χ0v) is 9.26. The Kier molecular flexibility index (Phi) is 1.71. The van der Waals surface area contributed by atoms with Crippen LogP contribution >= 0.6 is 11.3 Å². The van der Waals surface area contributed by atoms with Gasteiger partial charge in [-0.25, -0.2) is 0 Å². The van der Waals surface area contributed by atoms with Gasteiger partial charge in [0.1, 0.15) is 0 Å². The molecular weight excluding hydrogens is 192 g/mol. The maximum Gasteiger partial charge on any atom is 0.0908 e. The van der Waals surface area contributed by atoms with Crippen LogP contribution in [0.5, 0.6) is 0 Å². The number of hydrogen-bond acceptors (Lipinski definition) is 3. The van der Waals surface area contributed by atoms with Gasteiger partial charge < -0.3 is 10.6 Å². The molecule has 0 aromatic carbocycles. The summed E-state index contributed by atoms with van der Waals surface area (Å²) < 4.78 is 0. The van der Waals surface area contributed by atoms with Gasteiger partial charge >= 0.3 is 0 Å². The van der Waals surface area contributed by atoms with Gasteiger partial charge in [0.15, 0.2) is 0 Å². The summed E-state index contributed by atoms with van der Waals surface area (Å²) >= 11 is 1.85. The van der Waals surface area contributed by atoms with E-state index in [9.17, 15) is 0 Å². The second-order valence-electron chi connectivity index (χ2n) is 4.78. The SMILES string of the molecule is CC1(CN)C2CN(c3cccs3)CC21. The van der Waals surface area contributed by atoms with Gasteiger partial charge in [-0.05, 0) is 41.3 Å². The molecule has 1 aromatic heterocycles. The van der Waals surface area contributed by atoms with Crippen LogP contribution in [0.4, 0.5) is 5.00 Å². The molecule has 1 aromatic rings. The highest BCUT2D eigenvalue weighted by atomic mass is 32.1. The molecule has 2 heterocycles. The smallest absolute Gasteiger partial charge is 0.0908 e. The lowest BCUT2D eigenvalue weighted by Gasteiger charge is -2.23. The van der Waals surface area contributed by atoms with E-state index < -0.39 is 0 Å². The Bertz CT molecular complexity index is 321. The fraction of sp³-hybridized carbons (Fsp3) is 0.636. The van der Waals surface area contributed by atoms with Crippen LogP contribution in [0.25, 0.3) is 0 Å². The molecule has 14 heavy (non-hydrogen) atoms. The molecule has 1 aliphatic carbocycles. The largest absolute Gasteiger partial charge is 0.363 e. The first-order valence-corrected chi connectivity index (χ1v) is 6.12. The summed E-state index contributed by atoms with van der Waals surface area (Å²) in [5.41, 5.74) is 6.27. The van der Waals surface area contributed by atoms with Crippen molar-refractivity contribution in [3.05, 3.63) is 17.5 Å². The standard InChI is InChI=1S/C11H16N2S/c1-11(7-12)8-5-13(6-9(8)11)10-3-2-4-14-10/h2-4,8-9H,5-7,12H2,1H3. The highest BCUT2D eigenvalue weighted by Gasteiger charge is 2.64. The van der Waals surface area contributed by atoms with Gasteiger partial charge in [0.2, 0.25) is 0 Å². The van der Waals surface area contributed by atoms with Crippen molar-refractivity contribution in [1.82, 2.24) is 0 Å². The number of anilines is 1. The number of nitrogens with zero attached hydrogens (tertiary/aromatic N) is 1. The number of rotatable bonds is 2. The Balaban J connectivity index is 1.72. The van der Waals surface area contributed by atoms with Crippen LogP contribution in [-0.2, 0) is 0 Å². The van der Waals surface area contributed by atoms with Crippen LogP contribution in [0.1, 0.15) is 6.92 Å².